The highest BCUT2D eigenvalue weighted by atomic mass is 16.5. The molecule has 0 atom stereocenters. The van der Waals surface area contributed by atoms with Gasteiger partial charge < -0.3 is 9.84 Å². The summed E-state index contributed by atoms with van der Waals surface area (Å²) in [6.07, 6.45) is 2.34. The molecule has 0 spiro atoms. The minimum absolute atomic E-state index is 0.201. The summed E-state index contributed by atoms with van der Waals surface area (Å²) in [5, 5.41) is 6.47. The Labute approximate surface area is 99.6 Å². The fourth-order valence-electron chi connectivity index (χ4n) is 1.53. The average Bonchev–Trinajstić information content (AvgIpc) is 2.76. The van der Waals surface area contributed by atoms with Crippen LogP contribution in [-0.2, 0) is 6.42 Å². The highest BCUT2D eigenvalue weighted by molar-refractivity contribution is 6.04. The van der Waals surface area contributed by atoms with Gasteiger partial charge in [-0.2, -0.15) is 0 Å². The van der Waals surface area contributed by atoms with Crippen LogP contribution in [0.25, 0.3) is 0 Å². The number of aryl methyl sites for hydroxylation is 2. The summed E-state index contributed by atoms with van der Waals surface area (Å²) >= 11 is 0. The number of anilines is 1. The van der Waals surface area contributed by atoms with E-state index in [0.717, 1.165) is 12.1 Å². The zero-order valence-electron chi connectivity index (χ0n) is 9.86. The number of benzene rings is 1. The summed E-state index contributed by atoms with van der Waals surface area (Å²) in [5.41, 5.74) is 3.06. The van der Waals surface area contributed by atoms with Gasteiger partial charge in [-0.3, -0.25) is 4.79 Å². The van der Waals surface area contributed by atoms with E-state index in [1.165, 1.54) is 11.8 Å². The molecule has 4 heteroatoms. The predicted molar refractivity (Wildman–Crippen MR) is 65.0 cm³/mol. The third kappa shape index (κ3) is 2.53. The Hall–Kier alpha value is -2.10. The molecule has 0 saturated heterocycles. The van der Waals surface area contributed by atoms with Crippen molar-refractivity contribution in [1.82, 2.24) is 5.16 Å². The molecule has 0 saturated carbocycles. The molecule has 1 N–H and O–H groups in total. The fourth-order valence-corrected chi connectivity index (χ4v) is 1.53. The van der Waals surface area contributed by atoms with Gasteiger partial charge in [-0.15, -0.1) is 0 Å². The normalized spacial score (nSPS) is 10.2. The number of nitrogens with one attached hydrogen (secondary N) is 1. The molecule has 0 aliphatic heterocycles. The van der Waals surface area contributed by atoms with Crippen LogP contribution in [0.5, 0.6) is 0 Å². The predicted octanol–water partition coefficient (Wildman–Crippen LogP) is 2.80. The van der Waals surface area contributed by atoms with E-state index in [0.29, 0.717) is 11.3 Å². The summed E-state index contributed by atoms with van der Waals surface area (Å²) in [5.74, 6) is -0.201. The maximum atomic E-state index is 11.8. The fraction of sp³-hybridized carbons (Fsp3) is 0.231. The van der Waals surface area contributed by atoms with Gasteiger partial charge in [0.05, 0.1) is 5.69 Å². The van der Waals surface area contributed by atoms with Gasteiger partial charge in [-0.05, 0) is 31.0 Å². The highest BCUT2D eigenvalue weighted by Gasteiger charge is 2.12. The van der Waals surface area contributed by atoms with E-state index < -0.39 is 0 Å². The van der Waals surface area contributed by atoms with Crippen molar-refractivity contribution in [3.63, 3.8) is 0 Å². The molecule has 4 nitrogen and oxygen atoms in total. The van der Waals surface area contributed by atoms with E-state index in [1.807, 2.05) is 24.3 Å². The Morgan fingerprint density at radius 2 is 2.06 bits per heavy atom. The van der Waals surface area contributed by atoms with Crippen LogP contribution >= 0.6 is 0 Å². The maximum absolute atomic E-state index is 11.8. The molecule has 1 aromatic carbocycles. The molecule has 0 radical (unpaired) electrons. The number of aromatic nitrogens is 1. The van der Waals surface area contributed by atoms with Gasteiger partial charge in [-0.1, -0.05) is 24.2 Å². The number of carbonyl (C=O) groups excluding carboxylic acids is 1. The molecule has 17 heavy (non-hydrogen) atoms. The smallest absolute Gasteiger partial charge is 0.260 e. The van der Waals surface area contributed by atoms with Crippen LogP contribution in [0.1, 0.15) is 28.5 Å². The number of amides is 1. The van der Waals surface area contributed by atoms with Crippen LogP contribution in [0.2, 0.25) is 0 Å². The molecule has 0 bridgehead atoms. The molecular formula is C13H14N2O2. The van der Waals surface area contributed by atoms with E-state index in [4.69, 9.17) is 4.52 Å². The first-order chi connectivity index (χ1) is 8.20. The van der Waals surface area contributed by atoms with E-state index in [-0.39, 0.29) is 5.91 Å². The molecular weight excluding hydrogens is 216 g/mol. The van der Waals surface area contributed by atoms with Gasteiger partial charge in [0.2, 0.25) is 0 Å². The SMILES string of the molecule is CCc1ccc(NC(=O)c2conc2C)cc1. The van der Waals surface area contributed by atoms with E-state index >= 15 is 0 Å². The lowest BCUT2D eigenvalue weighted by Gasteiger charge is -2.04. The topological polar surface area (TPSA) is 55.1 Å². The van der Waals surface area contributed by atoms with Gasteiger partial charge in [0.15, 0.2) is 0 Å². The first-order valence-corrected chi connectivity index (χ1v) is 5.52. The molecule has 88 valence electrons. The summed E-state index contributed by atoms with van der Waals surface area (Å²) in [6, 6.07) is 7.77. The maximum Gasteiger partial charge on any atom is 0.260 e. The lowest BCUT2D eigenvalue weighted by Crippen LogP contribution is -2.12. The standard InChI is InChI=1S/C13H14N2O2/c1-3-10-4-6-11(7-5-10)14-13(16)12-8-17-15-9(12)2/h4-8H,3H2,1-2H3,(H,14,16). The first kappa shape index (κ1) is 11.4. The Kier molecular flexibility index (Phi) is 3.23. The second-order valence-corrected chi connectivity index (χ2v) is 3.82. The van der Waals surface area contributed by atoms with Gasteiger partial charge in [-0.25, -0.2) is 0 Å². The van der Waals surface area contributed by atoms with Crippen molar-refractivity contribution >= 4 is 11.6 Å². The quantitative estimate of drug-likeness (QED) is 0.882. The van der Waals surface area contributed by atoms with Crippen molar-refractivity contribution in [1.29, 1.82) is 0 Å². The number of nitrogens with zero attached hydrogens (tertiary/aromatic N) is 1. The van der Waals surface area contributed by atoms with Crippen molar-refractivity contribution in [2.45, 2.75) is 20.3 Å². The molecule has 0 aliphatic rings. The summed E-state index contributed by atoms with van der Waals surface area (Å²) in [7, 11) is 0. The second kappa shape index (κ2) is 4.82. The van der Waals surface area contributed by atoms with Crippen molar-refractivity contribution < 1.29 is 9.32 Å². The second-order valence-electron chi connectivity index (χ2n) is 3.82. The van der Waals surface area contributed by atoms with Crippen molar-refractivity contribution in [2.75, 3.05) is 5.32 Å². The van der Waals surface area contributed by atoms with Crippen LogP contribution < -0.4 is 5.32 Å². The zero-order valence-corrected chi connectivity index (χ0v) is 9.86. The molecule has 0 unspecified atom stereocenters. The molecule has 2 aromatic rings. The third-order valence-electron chi connectivity index (χ3n) is 2.61. The van der Waals surface area contributed by atoms with Gasteiger partial charge in [0.25, 0.3) is 5.91 Å². The van der Waals surface area contributed by atoms with Crippen molar-refractivity contribution in [3.8, 4) is 0 Å². The lowest BCUT2D eigenvalue weighted by molar-refractivity contribution is 0.102. The third-order valence-corrected chi connectivity index (χ3v) is 2.61. The Morgan fingerprint density at radius 1 is 1.35 bits per heavy atom. The Morgan fingerprint density at radius 3 is 2.59 bits per heavy atom. The van der Waals surface area contributed by atoms with Crippen molar-refractivity contribution in [2.24, 2.45) is 0 Å². The monoisotopic (exact) mass is 230 g/mol. The van der Waals surface area contributed by atoms with E-state index in [2.05, 4.69) is 17.4 Å². The number of rotatable bonds is 3. The van der Waals surface area contributed by atoms with Crippen LogP contribution in [-0.4, -0.2) is 11.1 Å². The van der Waals surface area contributed by atoms with E-state index in [1.54, 1.807) is 6.92 Å². The average molecular weight is 230 g/mol. The summed E-state index contributed by atoms with van der Waals surface area (Å²) in [6.45, 7) is 3.83. The van der Waals surface area contributed by atoms with Crippen LogP contribution in [0, 0.1) is 6.92 Å². The minimum Gasteiger partial charge on any atom is -0.364 e. The van der Waals surface area contributed by atoms with Gasteiger partial charge >= 0.3 is 0 Å². The molecule has 1 heterocycles. The molecule has 0 aliphatic carbocycles. The van der Waals surface area contributed by atoms with Gasteiger partial charge in [0, 0.05) is 5.69 Å². The molecule has 1 amide bonds. The van der Waals surface area contributed by atoms with Crippen LogP contribution in [0.15, 0.2) is 35.1 Å². The Bertz CT molecular complexity index is 514. The van der Waals surface area contributed by atoms with Crippen LogP contribution in [0.4, 0.5) is 5.69 Å². The zero-order chi connectivity index (χ0) is 12.3. The molecule has 0 fully saturated rings. The first-order valence-electron chi connectivity index (χ1n) is 5.52. The molecule has 1 aromatic heterocycles. The van der Waals surface area contributed by atoms with Crippen molar-refractivity contribution in [3.05, 3.63) is 47.3 Å². The largest absolute Gasteiger partial charge is 0.364 e. The summed E-state index contributed by atoms with van der Waals surface area (Å²) in [4.78, 5) is 11.8. The van der Waals surface area contributed by atoms with Gasteiger partial charge in [0.1, 0.15) is 11.8 Å². The molecule has 2 rings (SSSR count). The lowest BCUT2D eigenvalue weighted by atomic mass is 10.1. The number of hydrogen-bond donors (Lipinski definition) is 1. The number of carbonyl (C=O) groups is 1. The van der Waals surface area contributed by atoms with Crippen LogP contribution in [0.3, 0.4) is 0 Å². The Balaban J connectivity index is 2.10. The number of hydrogen-bond acceptors (Lipinski definition) is 3. The minimum atomic E-state index is -0.201. The summed E-state index contributed by atoms with van der Waals surface area (Å²) < 4.78 is 4.73. The van der Waals surface area contributed by atoms with E-state index in [9.17, 15) is 4.79 Å². The highest BCUT2D eigenvalue weighted by Crippen LogP contribution is 2.13.